The van der Waals surface area contributed by atoms with Crippen molar-refractivity contribution in [3.8, 4) is 5.75 Å². The van der Waals surface area contributed by atoms with Gasteiger partial charge in [0.15, 0.2) is 0 Å². The molecule has 1 aliphatic heterocycles. The number of benzene rings is 2. The zero-order valence-electron chi connectivity index (χ0n) is 20.2. The van der Waals surface area contributed by atoms with E-state index in [0.29, 0.717) is 18.5 Å². The summed E-state index contributed by atoms with van der Waals surface area (Å²) in [6.07, 6.45) is 7.84. The zero-order valence-corrected chi connectivity index (χ0v) is 20.2. The molecule has 2 aliphatic rings. The number of carbonyl (C=O) groups is 1. The van der Waals surface area contributed by atoms with Crippen LogP contribution < -0.4 is 15.4 Å². The van der Waals surface area contributed by atoms with Gasteiger partial charge in [0.1, 0.15) is 17.6 Å². The highest BCUT2D eigenvalue weighted by Crippen LogP contribution is 2.49. The summed E-state index contributed by atoms with van der Waals surface area (Å²) in [5, 5.41) is 17.9. The fraction of sp³-hybridized carbons (Fsp3) is 0.414. The maximum atomic E-state index is 12.8. The highest BCUT2D eigenvalue weighted by molar-refractivity contribution is 5.94. The van der Waals surface area contributed by atoms with Crippen LogP contribution in [-0.2, 0) is 12.8 Å². The van der Waals surface area contributed by atoms with Crippen LogP contribution in [0.2, 0.25) is 0 Å². The van der Waals surface area contributed by atoms with Gasteiger partial charge in [0.2, 0.25) is 0 Å². The van der Waals surface area contributed by atoms with Crippen LogP contribution in [0.4, 0.5) is 0 Å². The Bertz CT molecular complexity index is 1120. The second-order valence-electron chi connectivity index (χ2n) is 9.88. The minimum Gasteiger partial charge on any atom is -0.487 e. The van der Waals surface area contributed by atoms with Crippen molar-refractivity contribution in [3.05, 3.63) is 89.4 Å². The Balaban J connectivity index is 1.32. The first-order valence-corrected chi connectivity index (χ1v) is 12.7. The summed E-state index contributed by atoms with van der Waals surface area (Å²) in [5.41, 5.74) is 3.85. The molecule has 1 aromatic heterocycles. The highest BCUT2D eigenvalue weighted by Gasteiger charge is 2.45. The van der Waals surface area contributed by atoms with Crippen molar-refractivity contribution in [3.63, 3.8) is 0 Å². The molecule has 6 heteroatoms. The zero-order chi connectivity index (χ0) is 24.3. The molecule has 0 saturated heterocycles. The molecule has 2 aromatic carbocycles. The lowest BCUT2D eigenvalue weighted by Crippen LogP contribution is -2.52. The second kappa shape index (κ2) is 10.3. The van der Waals surface area contributed by atoms with Crippen molar-refractivity contribution in [1.29, 1.82) is 0 Å². The Morgan fingerprint density at radius 1 is 1.14 bits per heavy atom. The van der Waals surface area contributed by atoms with E-state index in [4.69, 9.17) is 9.15 Å². The van der Waals surface area contributed by atoms with E-state index in [-0.39, 0.29) is 17.6 Å². The number of furan rings is 1. The molecular formula is C29H34N2O4. The summed E-state index contributed by atoms with van der Waals surface area (Å²) in [7, 11) is 0. The standard InChI is InChI=1S/C29H34N2O4/c1-2-20-9-10-27-23(15-20)25(17-29(35-27)12-6-13-29)30-18-26(32)24(16-21-7-4-3-5-8-21)31-28(33)22-11-14-34-19-22/h3-5,7-11,14-15,19,24-26,30,32H,2,6,12-13,16-18H2,1H3,(H,31,33)/t24-,25?,26-/m0/s1. The number of fused-ring (bicyclic) bond motifs is 1. The summed E-state index contributed by atoms with van der Waals surface area (Å²) in [6.45, 7) is 2.52. The van der Waals surface area contributed by atoms with Crippen LogP contribution in [0.5, 0.6) is 5.75 Å². The van der Waals surface area contributed by atoms with Crippen LogP contribution in [0, 0.1) is 0 Å². The van der Waals surface area contributed by atoms with Gasteiger partial charge in [-0.3, -0.25) is 4.79 Å². The molecule has 1 saturated carbocycles. The molecule has 35 heavy (non-hydrogen) atoms. The molecular weight excluding hydrogens is 440 g/mol. The topological polar surface area (TPSA) is 83.7 Å². The van der Waals surface area contributed by atoms with Gasteiger partial charge in [0, 0.05) is 24.6 Å². The van der Waals surface area contributed by atoms with Crippen molar-refractivity contribution >= 4 is 5.91 Å². The van der Waals surface area contributed by atoms with E-state index >= 15 is 0 Å². The summed E-state index contributed by atoms with van der Waals surface area (Å²) in [4.78, 5) is 12.8. The number of ether oxygens (including phenoxy) is 1. The fourth-order valence-corrected chi connectivity index (χ4v) is 5.20. The van der Waals surface area contributed by atoms with E-state index in [1.807, 2.05) is 30.3 Å². The molecule has 3 atom stereocenters. The molecule has 5 rings (SSSR count). The first-order valence-electron chi connectivity index (χ1n) is 12.7. The van der Waals surface area contributed by atoms with Crippen LogP contribution in [0.25, 0.3) is 0 Å². The van der Waals surface area contributed by atoms with Crippen molar-refractivity contribution in [2.45, 2.75) is 69.2 Å². The molecule has 1 unspecified atom stereocenters. The molecule has 1 spiro atoms. The summed E-state index contributed by atoms with van der Waals surface area (Å²) in [6, 6.07) is 17.7. The SMILES string of the molecule is CCc1ccc2c(c1)C(NC[C@H](O)[C@H](Cc1ccccc1)NC(=O)c1ccoc1)CC1(CCC1)O2. The van der Waals surface area contributed by atoms with Crippen LogP contribution in [-0.4, -0.2) is 35.3 Å². The Hall–Kier alpha value is -3.09. The van der Waals surface area contributed by atoms with Crippen LogP contribution >= 0.6 is 0 Å². The number of aryl methyl sites for hydroxylation is 1. The molecule has 0 bridgehead atoms. The third-order valence-electron chi connectivity index (χ3n) is 7.46. The minimum absolute atomic E-state index is 0.0950. The molecule has 1 amide bonds. The van der Waals surface area contributed by atoms with Gasteiger partial charge in [0.25, 0.3) is 5.91 Å². The number of amides is 1. The maximum Gasteiger partial charge on any atom is 0.254 e. The van der Waals surface area contributed by atoms with Crippen molar-refractivity contribution < 1.29 is 19.1 Å². The Morgan fingerprint density at radius 2 is 1.97 bits per heavy atom. The minimum atomic E-state index is -0.774. The molecule has 2 heterocycles. The smallest absolute Gasteiger partial charge is 0.254 e. The Morgan fingerprint density at radius 3 is 2.66 bits per heavy atom. The molecule has 3 aromatic rings. The normalized spacial score (nSPS) is 19.8. The van der Waals surface area contributed by atoms with E-state index in [1.165, 1.54) is 24.5 Å². The Labute approximate surface area is 206 Å². The van der Waals surface area contributed by atoms with Crippen molar-refractivity contribution in [2.75, 3.05) is 6.54 Å². The van der Waals surface area contributed by atoms with E-state index in [2.05, 4.69) is 35.8 Å². The lowest BCUT2D eigenvalue weighted by molar-refractivity contribution is -0.0382. The first-order chi connectivity index (χ1) is 17.0. The number of aliphatic hydroxyl groups is 1. The summed E-state index contributed by atoms with van der Waals surface area (Å²) in [5.74, 6) is 0.699. The van der Waals surface area contributed by atoms with Gasteiger partial charge >= 0.3 is 0 Å². The molecule has 184 valence electrons. The van der Waals surface area contributed by atoms with Crippen LogP contribution in [0.3, 0.4) is 0 Å². The second-order valence-corrected chi connectivity index (χ2v) is 9.88. The van der Waals surface area contributed by atoms with Crippen LogP contribution in [0.15, 0.2) is 71.5 Å². The third-order valence-corrected chi connectivity index (χ3v) is 7.46. The number of hydrogen-bond donors (Lipinski definition) is 3. The maximum absolute atomic E-state index is 12.8. The fourth-order valence-electron chi connectivity index (χ4n) is 5.20. The van der Waals surface area contributed by atoms with Crippen molar-refractivity contribution in [2.24, 2.45) is 0 Å². The quantitative estimate of drug-likeness (QED) is 0.423. The van der Waals surface area contributed by atoms with E-state index in [0.717, 1.165) is 42.6 Å². The Kier molecular flexibility index (Phi) is 6.93. The number of carbonyl (C=O) groups excluding carboxylic acids is 1. The summed E-state index contributed by atoms with van der Waals surface area (Å²) >= 11 is 0. The summed E-state index contributed by atoms with van der Waals surface area (Å²) < 4.78 is 11.5. The van der Waals surface area contributed by atoms with E-state index in [1.54, 1.807) is 6.07 Å². The lowest BCUT2D eigenvalue weighted by Gasteiger charge is -2.48. The molecule has 3 N–H and O–H groups in total. The first kappa shape index (κ1) is 23.6. The van der Waals surface area contributed by atoms with Gasteiger partial charge in [-0.25, -0.2) is 0 Å². The third kappa shape index (κ3) is 5.29. The van der Waals surface area contributed by atoms with Gasteiger partial charge in [-0.05, 0) is 55.4 Å². The number of aliphatic hydroxyl groups excluding tert-OH is 1. The lowest BCUT2D eigenvalue weighted by atomic mass is 9.72. The van der Waals surface area contributed by atoms with Gasteiger partial charge in [0.05, 0.1) is 24.0 Å². The monoisotopic (exact) mass is 474 g/mol. The average Bonchev–Trinajstić information content (AvgIpc) is 3.41. The van der Waals surface area contributed by atoms with Crippen molar-refractivity contribution in [1.82, 2.24) is 10.6 Å². The molecule has 1 fully saturated rings. The van der Waals surface area contributed by atoms with E-state index < -0.39 is 12.1 Å². The molecule has 1 aliphatic carbocycles. The van der Waals surface area contributed by atoms with Gasteiger partial charge in [-0.15, -0.1) is 0 Å². The molecule has 6 nitrogen and oxygen atoms in total. The number of hydrogen-bond acceptors (Lipinski definition) is 5. The average molecular weight is 475 g/mol. The van der Waals surface area contributed by atoms with E-state index in [9.17, 15) is 9.90 Å². The van der Waals surface area contributed by atoms with Crippen LogP contribution in [0.1, 0.15) is 65.7 Å². The predicted octanol–water partition coefficient (Wildman–Crippen LogP) is 4.58. The largest absolute Gasteiger partial charge is 0.487 e. The number of rotatable bonds is 9. The van der Waals surface area contributed by atoms with Gasteiger partial charge < -0.3 is 24.9 Å². The van der Waals surface area contributed by atoms with Gasteiger partial charge in [-0.2, -0.15) is 0 Å². The number of nitrogens with one attached hydrogen (secondary N) is 2. The molecule has 0 radical (unpaired) electrons. The predicted molar refractivity (Wildman–Crippen MR) is 135 cm³/mol. The van der Waals surface area contributed by atoms with Gasteiger partial charge in [-0.1, -0.05) is 49.4 Å². The highest BCUT2D eigenvalue weighted by atomic mass is 16.5.